The number of fused-ring (bicyclic) bond motifs is 2. The van der Waals surface area contributed by atoms with E-state index in [0.717, 1.165) is 29.0 Å². The van der Waals surface area contributed by atoms with E-state index in [1.807, 2.05) is 0 Å². The zero-order chi connectivity index (χ0) is 25.3. The molecule has 0 spiro atoms. The Balaban J connectivity index is 1.71. The molecule has 0 unspecified atom stereocenters. The summed E-state index contributed by atoms with van der Waals surface area (Å²) in [7, 11) is -3.52. The highest BCUT2D eigenvalue weighted by Crippen LogP contribution is 2.41. The fraction of sp³-hybridized carbons (Fsp3) is 0.238. The summed E-state index contributed by atoms with van der Waals surface area (Å²) in [6.07, 6.45) is -2.37. The number of rotatable bonds is 4. The molecular weight excluding hydrogens is 499 g/mol. The number of sulfonamides is 1. The van der Waals surface area contributed by atoms with Crippen LogP contribution in [0, 0.1) is 11.6 Å². The Hall–Kier alpha value is -3.52. The zero-order valence-corrected chi connectivity index (χ0v) is 18.5. The van der Waals surface area contributed by atoms with Crippen molar-refractivity contribution in [1.82, 2.24) is 19.0 Å². The lowest BCUT2D eigenvalue weighted by molar-refractivity contribution is -0.137. The van der Waals surface area contributed by atoms with Crippen molar-refractivity contribution in [2.24, 2.45) is 0 Å². The van der Waals surface area contributed by atoms with Gasteiger partial charge in [-0.05, 0) is 24.3 Å². The van der Waals surface area contributed by atoms with Crippen molar-refractivity contribution in [2.45, 2.75) is 25.2 Å². The molecule has 0 saturated carbocycles. The molecule has 184 valence electrons. The topological polar surface area (TPSA) is 99.1 Å². The summed E-state index contributed by atoms with van der Waals surface area (Å²) < 4.78 is 103. The van der Waals surface area contributed by atoms with Gasteiger partial charge in [-0.25, -0.2) is 31.3 Å². The standard InChI is InChI=1S/C21H15F5N4O4S/c1-35(32,33)28-11-7-12-9-30(20(31)29(12)8-11)19-18-13(17-14(22)3-2-4-15(17)23)5-10(21(24,25)26)6-16(18)34-27-19/h2-6,9,11,28H,7-8H2,1H3/t11-/m0/s1. The van der Waals surface area contributed by atoms with Crippen LogP contribution in [0.5, 0.6) is 0 Å². The maximum atomic E-state index is 14.6. The molecule has 1 atom stereocenters. The highest BCUT2D eigenvalue weighted by atomic mass is 32.2. The normalized spacial score (nSPS) is 16.2. The lowest BCUT2D eigenvalue weighted by atomic mass is 9.97. The van der Waals surface area contributed by atoms with Gasteiger partial charge in [-0.1, -0.05) is 11.2 Å². The van der Waals surface area contributed by atoms with E-state index in [-0.39, 0.29) is 24.2 Å². The van der Waals surface area contributed by atoms with Crippen LogP contribution < -0.4 is 10.4 Å². The summed E-state index contributed by atoms with van der Waals surface area (Å²) in [5, 5.41) is 3.54. The minimum absolute atomic E-state index is 0.0110. The van der Waals surface area contributed by atoms with E-state index in [9.17, 15) is 35.2 Å². The van der Waals surface area contributed by atoms with Crippen molar-refractivity contribution >= 4 is 21.0 Å². The first kappa shape index (κ1) is 23.2. The zero-order valence-electron chi connectivity index (χ0n) is 17.7. The number of hydrogen-bond donors (Lipinski definition) is 1. The maximum absolute atomic E-state index is 14.6. The molecule has 0 aliphatic carbocycles. The summed E-state index contributed by atoms with van der Waals surface area (Å²) in [5.41, 5.74) is -3.11. The predicted molar refractivity (Wildman–Crippen MR) is 113 cm³/mol. The monoisotopic (exact) mass is 514 g/mol. The van der Waals surface area contributed by atoms with Crippen LogP contribution in [0.4, 0.5) is 22.0 Å². The van der Waals surface area contributed by atoms with Crippen LogP contribution in [0.2, 0.25) is 0 Å². The van der Waals surface area contributed by atoms with Gasteiger partial charge in [0.15, 0.2) is 11.4 Å². The van der Waals surface area contributed by atoms with Crippen LogP contribution in [0.3, 0.4) is 0 Å². The van der Waals surface area contributed by atoms with Crippen LogP contribution in [-0.2, 0) is 29.2 Å². The molecule has 3 heterocycles. The number of nitrogens with zero attached hydrogens (tertiary/aromatic N) is 3. The minimum atomic E-state index is -4.85. The van der Waals surface area contributed by atoms with E-state index in [4.69, 9.17) is 4.52 Å². The van der Waals surface area contributed by atoms with E-state index in [1.54, 1.807) is 0 Å². The molecule has 2 aromatic carbocycles. The Kier molecular flexibility index (Phi) is 5.14. The average molecular weight is 514 g/mol. The Labute approximate surface area is 193 Å². The first-order valence-electron chi connectivity index (χ1n) is 10.1. The van der Waals surface area contributed by atoms with Gasteiger partial charge < -0.3 is 4.52 Å². The molecule has 1 N–H and O–H groups in total. The fourth-order valence-corrected chi connectivity index (χ4v) is 5.06. The molecule has 14 heteroatoms. The van der Waals surface area contributed by atoms with Crippen molar-refractivity contribution in [3.63, 3.8) is 0 Å². The molecule has 0 fully saturated rings. The van der Waals surface area contributed by atoms with Gasteiger partial charge in [-0.15, -0.1) is 0 Å². The second kappa shape index (κ2) is 7.75. The number of hydrogen-bond acceptors (Lipinski definition) is 5. The third-order valence-electron chi connectivity index (χ3n) is 5.64. The second-order valence-corrected chi connectivity index (χ2v) is 9.95. The number of halogens is 5. The van der Waals surface area contributed by atoms with Gasteiger partial charge in [0.1, 0.15) is 11.6 Å². The molecule has 0 saturated heterocycles. The highest BCUT2D eigenvalue weighted by molar-refractivity contribution is 7.88. The highest BCUT2D eigenvalue weighted by Gasteiger charge is 2.35. The molecule has 0 bridgehead atoms. The van der Waals surface area contributed by atoms with Crippen molar-refractivity contribution < 1.29 is 34.9 Å². The summed E-state index contributed by atoms with van der Waals surface area (Å²) in [5.74, 6) is -2.48. The number of nitrogens with one attached hydrogen (secondary N) is 1. The Morgan fingerprint density at radius 1 is 1.17 bits per heavy atom. The summed E-state index contributed by atoms with van der Waals surface area (Å²) in [4.78, 5) is 13.1. The molecule has 1 aliphatic heterocycles. The predicted octanol–water partition coefficient (Wildman–Crippen LogP) is 3.22. The Bertz CT molecular complexity index is 1630. The van der Waals surface area contributed by atoms with Gasteiger partial charge in [0.2, 0.25) is 10.0 Å². The van der Waals surface area contributed by atoms with E-state index >= 15 is 0 Å². The van der Waals surface area contributed by atoms with Gasteiger partial charge >= 0.3 is 11.9 Å². The number of alkyl halides is 3. The fourth-order valence-electron chi connectivity index (χ4n) is 4.29. The van der Waals surface area contributed by atoms with E-state index in [1.165, 1.54) is 10.8 Å². The third-order valence-corrected chi connectivity index (χ3v) is 6.41. The smallest absolute Gasteiger partial charge is 0.354 e. The van der Waals surface area contributed by atoms with Gasteiger partial charge in [-0.2, -0.15) is 13.2 Å². The van der Waals surface area contributed by atoms with E-state index in [2.05, 4.69) is 9.88 Å². The minimum Gasteiger partial charge on any atom is -0.354 e. The molecule has 1 aliphatic rings. The van der Waals surface area contributed by atoms with Crippen molar-refractivity contribution in [2.75, 3.05) is 6.26 Å². The molecule has 8 nitrogen and oxygen atoms in total. The SMILES string of the molecule is CS(=O)(=O)N[C@H]1Cc2cn(-c3noc4cc(C(F)(F)F)cc(-c5c(F)cccc5F)c34)c(=O)n2C1. The van der Waals surface area contributed by atoms with Gasteiger partial charge in [0.05, 0.1) is 22.8 Å². The lowest BCUT2D eigenvalue weighted by Gasteiger charge is -2.12. The second-order valence-electron chi connectivity index (χ2n) is 8.17. The Morgan fingerprint density at radius 2 is 1.86 bits per heavy atom. The number of imidazole rings is 1. The van der Waals surface area contributed by atoms with Crippen LogP contribution >= 0.6 is 0 Å². The van der Waals surface area contributed by atoms with Gasteiger partial charge in [0.25, 0.3) is 0 Å². The van der Waals surface area contributed by atoms with E-state index < -0.39 is 61.8 Å². The van der Waals surface area contributed by atoms with Crippen LogP contribution in [-0.4, -0.2) is 35.0 Å². The molecule has 35 heavy (non-hydrogen) atoms. The van der Waals surface area contributed by atoms with Crippen LogP contribution in [0.1, 0.15) is 11.3 Å². The van der Waals surface area contributed by atoms with Gasteiger partial charge in [-0.3, -0.25) is 4.57 Å². The third kappa shape index (κ3) is 4.01. The molecule has 4 aromatic rings. The average Bonchev–Trinajstić information content (AvgIpc) is 3.40. The maximum Gasteiger partial charge on any atom is 0.416 e. The number of benzene rings is 2. The van der Waals surface area contributed by atoms with Crippen LogP contribution in [0.25, 0.3) is 27.9 Å². The van der Waals surface area contributed by atoms with Crippen LogP contribution in [0.15, 0.2) is 45.8 Å². The van der Waals surface area contributed by atoms with E-state index in [0.29, 0.717) is 17.8 Å². The molecule has 5 rings (SSSR count). The molecule has 2 aromatic heterocycles. The van der Waals surface area contributed by atoms with Crippen molar-refractivity contribution in [3.05, 3.63) is 69.9 Å². The molecular formula is C21H15F5N4O4S. The van der Waals surface area contributed by atoms with Crippen molar-refractivity contribution in [1.29, 1.82) is 0 Å². The Morgan fingerprint density at radius 3 is 2.46 bits per heavy atom. The summed E-state index contributed by atoms with van der Waals surface area (Å²) >= 11 is 0. The molecule has 0 radical (unpaired) electrons. The quantitative estimate of drug-likeness (QED) is 0.422. The van der Waals surface area contributed by atoms with Gasteiger partial charge in [0, 0.05) is 36.5 Å². The summed E-state index contributed by atoms with van der Waals surface area (Å²) in [6, 6.07) is 3.50. The number of aromatic nitrogens is 3. The largest absolute Gasteiger partial charge is 0.416 e. The van der Waals surface area contributed by atoms with Crippen molar-refractivity contribution in [3.8, 4) is 16.9 Å². The summed E-state index contributed by atoms with van der Waals surface area (Å²) in [6.45, 7) is 0.0110. The first-order valence-corrected chi connectivity index (χ1v) is 12.0. The molecule has 0 amide bonds. The first-order chi connectivity index (χ1) is 16.3. The lowest BCUT2D eigenvalue weighted by Crippen LogP contribution is -2.36.